The van der Waals surface area contributed by atoms with Crippen molar-refractivity contribution in [1.82, 2.24) is 5.32 Å². The maximum Gasteiger partial charge on any atom is 0.165 e. The summed E-state index contributed by atoms with van der Waals surface area (Å²) >= 11 is 0. The second-order valence-corrected chi connectivity index (χ2v) is 3.86. The normalized spacial score (nSPS) is 10.5. The number of ether oxygens (including phenoxy) is 1. The molecule has 0 fully saturated rings. The first-order valence-electron chi connectivity index (χ1n) is 5.39. The van der Waals surface area contributed by atoms with Gasteiger partial charge in [-0.3, -0.25) is 0 Å². The molecule has 0 heterocycles. The lowest BCUT2D eigenvalue weighted by Gasteiger charge is -2.13. The van der Waals surface area contributed by atoms with E-state index in [9.17, 15) is 4.39 Å². The maximum atomic E-state index is 13.5. The SMILES string of the molecule is C=CCOc1c(F)cccc1CNC(C)C. The van der Waals surface area contributed by atoms with Gasteiger partial charge in [-0.25, -0.2) is 4.39 Å². The third-order valence-electron chi connectivity index (χ3n) is 2.09. The number of hydrogen-bond acceptors (Lipinski definition) is 2. The van der Waals surface area contributed by atoms with Crippen molar-refractivity contribution >= 4 is 0 Å². The van der Waals surface area contributed by atoms with E-state index < -0.39 is 0 Å². The molecule has 0 spiro atoms. The predicted octanol–water partition coefficient (Wildman–Crippen LogP) is 2.89. The van der Waals surface area contributed by atoms with Gasteiger partial charge in [0.05, 0.1) is 0 Å². The minimum Gasteiger partial charge on any atom is -0.486 e. The Labute approximate surface area is 96.1 Å². The van der Waals surface area contributed by atoms with E-state index >= 15 is 0 Å². The predicted molar refractivity (Wildman–Crippen MR) is 64.1 cm³/mol. The molecule has 0 aliphatic carbocycles. The summed E-state index contributed by atoms with van der Waals surface area (Å²) in [6.45, 7) is 8.55. The van der Waals surface area contributed by atoms with E-state index in [0.29, 0.717) is 24.9 Å². The highest BCUT2D eigenvalue weighted by Gasteiger charge is 2.09. The summed E-state index contributed by atoms with van der Waals surface area (Å²) in [5.41, 5.74) is 0.829. The summed E-state index contributed by atoms with van der Waals surface area (Å²) in [6.07, 6.45) is 1.60. The Hall–Kier alpha value is -1.35. The van der Waals surface area contributed by atoms with E-state index in [1.807, 2.05) is 19.9 Å². The fourth-order valence-electron chi connectivity index (χ4n) is 1.31. The van der Waals surface area contributed by atoms with Gasteiger partial charge in [-0.05, 0) is 6.07 Å². The van der Waals surface area contributed by atoms with Gasteiger partial charge in [-0.1, -0.05) is 38.6 Å². The van der Waals surface area contributed by atoms with Crippen molar-refractivity contribution in [1.29, 1.82) is 0 Å². The minimum atomic E-state index is -0.329. The zero-order valence-corrected chi connectivity index (χ0v) is 9.79. The highest BCUT2D eigenvalue weighted by molar-refractivity contribution is 5.35. The molecule has 2 nitrogen and oxygen atoms in total. The lowest BCUT2D eigenvalue weighted by atomic mass is 10.2. The monoisotopic (exact) mass is 223 g/mol. The van der Waals surface area contributed by atoms with Gasteiger partial charge in [0.1, 0.15) is 6.61 Å². The molecule has 0 saturated carbocycles. The van der Waals surface area contributed by atoms with Crippen LogP contribution >= 0.6 is 0 Å². The fourth-order valence-corrected chi connectivity index (χ4v) is 1.31. The van der Waals surface area contributed by atoms with Gasteiger partial charge in [0.15, 0.2) is 11.6 Å². The first-order chi connectivity index (χ1) is 7.65. The van der Waals surface area contributed by atoms with Crippen LogP contribution in [0.1, 0.15) is 19.4 Å². The Morgan fingerprint density at radius 2 is 2.25 bits per heavy atom. The molecular formula is C13H18FNO. The molecule has 0 aromatic heterocycles. The average Bonchev–Trinajstić information content (AvgIpc) is 2.25. The molecular weight excluding hydrogens is 205 g/mol. The van der Waals surface area contributed by atoms with E-state index in [1.165, 1.54) is 6.07 Å². The Morgan fingerprint density at radius 1 is 1.50 bits per heavy atom. The van der Waals surface area contributed by atoms with E-state index in [1.54, 1.807) is 12.1 Å². The fraction of sp³-hybridized carbons (Fsp3) is 0.385. The standard InChI is InChI=1S/C13H18FNO/c1-4-8-16-13-11(9-15-10(2)3)6-5-7-12(13)14/h4-7,10,15H,1,8-9H2,2-3H3. The van der Waals surface area contributed by atoms with Gasteiger partial charge in [0.25, 0.3) is 0 Å². The third-order valence-corrected chi connectivity index (χ3v) is 2.09. The summed E-state index contributed by atoms with van der Waals surface area (Å²) < 4.78 is 18.8. The first kappa shape index (κ1) is 12.7. The van der Waals surface area contributed by atoms with Crippen LogP contribution in [0.5, 0.6) is 5.75 Å². The topological polar surface area (TPSA) is 21.3 Å². The number of rotatable bonds is 6. The van der Waals surface area contributed by atoms with Gasteiger partial charge in [0, 0.05) is 18.2 Å². The van der Waals surface area contributed by atoms with E-state index in [-0.39, 0.29) is 5.82 Å². The summed E-state index contributed by atoms with van der Waals surface area (Å²) in [6, 6.07) is 5.30. The molecule has 1 aromatic rings. The molecule has 0 atom stereocenters. The molecule has 3 heteroatoms. The lowest BCUT2D eigenvalue weighted by molar-refractivity contribution is 0.336. The van der Waals surface area contributed by atoms with Gasteiger partial charge in [-0.2, -0.15) is 0 Å². The maximum absolute atomic E-state index is 13.5. The van der Waals surface area contributed by atoms with Crippen molar-refractivity contribution in [2.24, 2.45) is 0 Å². The van der Waals surface area contributed by atoms with Crippen LogP contribution in [0, 0.1) is 5.82 Å². The Kier molecular flexibility index (Phi) is 4.99. The minimum absolute atomic E-state index is 0.315. The molecule has 16 heavy (non-hydrogen) atoms. The molecule has 88 valence electrons. The summed E-state index contributed by atoms with van der Waals surface area (Å²) in [5, 5.41) is 3.23. The number of benzene rings is 1. The second-order valence-electron chi connectivity index (χ2n) is 3.86. The third kappa shape index (κ3) is 3.66. The van der Waals surface area contributed by atoms with Crippen molar-refractivity contribution in [3.63, 3.8) is 0 Å². The Morgan fingerprint density at radius 3 is 2.88 bits per heavy atom. The van der Waals surface area contributed by atoms with Crippen molar-refractivity contribution in [3.8, 4) is 5.75 Å². The molecule has 0 saturated heterocycles. The van der Waals surface area contributed by atoms with Crippen LogP contribution in [0.15, 0.2) is 30.9 Å². The summed E-state index contributed by atoms with van der Waals surface area (Å²) in [4.78, 5) is 0. The molecule has 0 radical (unpaired) electrons. The first-order valence-corrected chi connectivity index (χ1v) is 5.39. The van der Waals surface area contributed by atoms with Gasteiger partial charge in [0.2, 0.25) is 0 Å². The van der Waals surface area contributed by atoms with Crippen LogP contribution in [-0.2, 0) is 6.54 Å². The molecule has 0 bridgehead atoms. The smallest absolute Gasteiger partial charge is 0.165 e. The van der Waals surface area contributed by atoms with Crippen LogP contribution in [-0.4, -0.2) is 12.6 Å². The molecule has 1 rings (SSSR count). The number of halogens is 1. The number of hydrogen-bond donors (Lipinski definition) is 1. The largest absolute Gasteiger partial charge is 0.486 e. The van der Waals surface area contributed by atoms with Crippen LogP contribution in [0.3, 0.4) is 0 Å². The Balaban J connectivity index is 2.80. The highest BCUT2D eigenvalue weighted by atomic mass is 19.1. The molecule has 0 aliphatic heterocycles. The van der Waals surface area contributed by atoms with Crippen LogP contribution in [0.25, 0.3) is 0 Å². The van der Waals surface area contributed by atoms with Crippen molar-refractivity contribution in [2.45, 2.75) is 26.4 Å². The zero-order chi connectivity index (χ0) is 12.0. The summed E-state index contributed by atoms with van der Waals surface area (Å²) in [5.74, 6) is -0.0135. The molecule has 0 unspecified atom stereocenters. The number of nitrogens with one attached hydrogen (secondary N) is 1. The van der Waals surface area contributed by atoms with E-state index in [2.05, 4.69) is 11.9 Å². The van der Waals surface area contributed by atoms with Crippen LogP contribution < -0.4 is 10.1 Å². The lowest BCUT2D eigenvalue weighted by Crippen LogP contribution is -2.22. The zero-order valence-electron chi connectivity index (χ0n) is 9.79. The molecule has 0 aliphatic rings. The van der Waals surface area contributed by atoms with Gasteiger partial charge < -0.3 is 10.1 Å². The second kappa shape index (κ2) is 6.28. The Bertz CT molecular complexity index is 350. The van der Waals surface area contributed by atoms with Crippen LogP contribution in [0.4, 0.5) is 4.39 Å². The van der Waals surface area contributed by atoms with E-state index in [4.69, 9.17) is 4.74 Å². The molecule has 0 amide bonds. The van der Waals surface area contributed by atoms with Gasteiger partial charge >= 0.3 is 0 Å². The summed E-state index contributed by atoms with van der Waals surface area (Å²) in [7, 11) is 0. The van der Waals surface area contributed by atoms with E-state index in [0.717, 1.165) is 5.56 Å². The van der Waals surface area contributed by atoms with Crippen LogP contribution in [0.2, 0.25) is 0 Å². The van der Waals surface area contributed by atoms with Gasteiger partial charge in [-0.15, -0.1) is 0 Å². The quantitative estimate of drug-likeness (QED) is 0.749. The highest BCUT2D eigenvalue weighted by Crippen LogP contribution is 2.22. The molecule has 1 aromatic carbocycles. The molecule has 1 N–H and O–H groups in total. The van der Waals surface area contributed by atoms with Crippen molar-refractivity contribution < 1.29 is 9.13 Å². The van der Waals surface area contributed by atoms with Crippen molar-refractivity contribution in [2.75, 3.05) is 6.61 Å². The average molecular weight is 223 g/mol. The number of para-hydroxylation sites is 1. The van der Waals surface area contributed by atoms with Crippen molar-refractivity contribution in [3.05, 3.63) is 42.2 Å².